The molecular formula is C17H20N2O2. The smallest absolute Gasteiger partial charge is 0.251 e. The van der Waals surface area contributed by atoms with Crippen LogP contribution in [0.25, 0.3) is 11.0 Å². The van der Waals surface area contributed by atoms with E-state index in [1.165, 1.54) is 19.5 Å². The molecule has 2 fully saturated rings. The minimum absolute atomic E-state index is 0.0125. The van der Waals surface area contributed by atoms with E-state index in [-0.39, 0.29) is 11.9 Å². The molecule has 0 aliphatic carbocycles. The Morgan fingerprint density at radius 2 is 2.29 bits per heavy atom. The predicted molar refractivity (Wildman–Crippen MR) is 81.4 cm³/mol. The highest BCUT2D eigenvalue weighted by Crippen LogP contribution is 2.27. The first-order chi connectivity index (χ1) is 10.2. The van der Waals surface area contributed by atoms with Crippen LogP contribution in [0.5, 0.6) is 0 Å². The quantitative estimate of drug-likeness (QED) is 0.922. The number of benzene rings is 1. The van der Waals surface area contributed by atoms with Crippen molar-refractivity contribution in [1.29, 1.82) is 0 Å². The maximum atomic E-state index is 12.4. The Hall–Kier alpha value is -1.81. The molecule has 1 unspecified atom stereocenters. The van der Waals surface area contributed by atoms with Gasteiger partial charge in [0.05, 0.1) is 6.26 Å². The van der Waals surface area contributed by atoms with Crippen molar-refractivity contribution >= 4 is 16.9 Å². The summed E-state index contributed by atoms with van der Waals surface area (Å²) in [6.07, 6.45) is 4.13. The van der Waals surface area contributed by atoms with E-state index in [2.05, 4.69) is 10.2 Å². The van der Waals surface area contributed by atoms with Gasteiger partial charge in [0, 0.05) is 30.1 Å². The Morgan fingerprint density at radius 1 is 1.38 bits per heavy atom. The number of furan rings is 1. The number of piperidine rings is 1. The fourth-order valence-electron chi connectivity index (χ4n) is 3.74. The molecule has 3 heterocycles. The molecule has 110 valence electrons. The minimum Gasteiger partial charge on any atom is -0.464 e. The van der Waals surface area contributed by atoms with Crippen LogP contribution in [-0.4, -0.2) is 36.5 Å². The van der Waals surface area contributed by atoms with Gasteiger partial charge in [-0.1, -0.05) is 6.07 Å². The predicted octanol–water partition coefficient (Wildman–Crippen LogP) is 2.57. The standard InChI is InChI=1S/C17H20N2O2/c1-11-10-21-16-7-13(2-3-15(11)16)17(20)18-14-6-12-4-5-19(8-12)9-14/h2-3,7,10,12,14H,4-6,8-9H2,1H3,(H,18,20)/t12-,14-/m1/s1. The maximum Gasteiger partial charge on any atom is 0.251 e. The third-order valence-electron chi connectivity index (χ3n) is 4.83. The molecule has 4 nitrogen and oxygen atoms in total. The van der Waals surface area contributed by atoms with Crippen molar-refractivity contribution in [2.75, 3.05) is 19.6 Å². The summed E-state index contributed by atoms with van der Waals surface area (Å²) in [7, 11) is 0. The zero-order valence-corrected chi connectivity index (χ0v) is 12.3. The van der Waals surface area contributed by atoms with Crippen LogP contribution < -0.4 is 5.32 Å². The van der Waals surface area contributed by atoms with Gasteiger partial charge in [0.2, 0.25) is 0 Å². The monoisotopic (exact) mass is 284 g/mol. The van der Waals surface area contributed by atoms with E-state index in [9.17, 15) is 4.79 Å². The van der Waals surface area contributed by atoms with Gasteiger partial charge in [-0.25, -0.2) is 0 Å². The second-order valence-corrected chi connectivity index (χ2v) is 6.45. The Balaban J connectivity index is 1.50. The summed E-state index contributed by atoms with van der Waals surface area (Å²) in [6, 6.07) is 5.98. The Bertz CT molecular complexity index is 679. The molecule has 4 heteroatoms. The Morgan fingerprint density at radius 3 is 3.14 bits per heavy atom. The normalized spacial score (nSPS) is 28.0. The van der Waals surface area contributed by atoms with E-state index in [1.807, 2.05) is 25.1 Å². The number of amides is 1. The summed E-state index contributed by atoms with van der Waals surface area (Å²) in [5.41, 5.74) is 2.57. The third kappa shape index (κ3) is 2.33. The van der Waals surface area contributed by atoms with Crippen LogP contribution in [0.3, 0.4) is 0 Å². The van der Waals surface area contributed by atoms with Gasteiger partial charge in [0.25, 0.3) is 5.91 Å². The van der Waals surface area contributed by atoms with Gasteiger partial charge in [-0.3, -0.25) is 4.79 Å². The molecule has 21 heavy (non-hydrogen) atoms. The van der Waals surface area contributed by atoms with Crippen molar-refractivity contribution in [3.8, 4) is 0 Å². The molecule has 1 amide bonds. The maximum absolute atomic E-state index is 12.4. The number of aryl methyl sites for hydroxylation is 1. The molecule has 2 bridgehead atoms. The van der Waals surface area contributed by atoms with Crippen molar-refractivity contribution < 1.29 is 9.21 Å². The molecule has 2 aliphatic rings. The molecule has 0 spiro atoms. The molecule has 2 aromatic rings. The van der Waals surface area contributed by atoms with Gasteiger partial charge in [0.1, 0.15) is 5.58 Å². The summed E-state index contributed by atoms with van der Waals surface area (Å²) < 4.78 is 5.49. The summed E-state index contributed by atoms with van der Waals surface area (Å²) in [5.74, 6) is 0.776. The number of nitrogens with one attached hydrogen (secondary N) is 1. The minimum atomic E-state index is 0.0125. The fourth-order valence-corrected chi connectivity index (χ4v) is 3.74. The van der Waals surface area contributed by atoms with Crippen LogP contribution >= 0.6 is 0 Å². The number of carbonyl (C=O) groups excluding carboxylic acids is 1. The van der Waals surface area contributed by atoms with Crippen molar-refractivity contribution in [2.45, 2.75) is 25.8 Å². The third-order valence-corrected chi connectivity index (χ3v) is 4.83. The summed E-state index contributed by atoms with van der Waals surface area (Å²) >= 11 is 0. The molecule has 1 N–H and O–H groups in total. The lowest BCUT2D eigenvalue weighted by atomic mass is 9.96. The van der Waals surface area contributed by atoms with Gasteiger partial charge < -0.3 is 14.6 Å². The number of hydrogen-bond donors (Lipinski definition) is 1. The molecule has 0 saturated carbocycles. The zero-order valence-electron chi connectivity index (χ0n) is 12.3. The second-order valence-electron chi connectivity index (χ2n) is 6.45. The molecule has 4 rings (SSSR count). The molecule has 0 radical (unpaired) electrons. The van der Waals surface area contributed by atoms with E-state index in [0.29, 0.717) is 5.56 Å². The summed E-state index contributed by atoms with van der Waals surface area (Å²) in [5, 5.41) is 4.26. The average molecular weight is 284 g/mol. The zero-order chi connectivity index (χ0) is 14.4. The van der Waals surface area contributed by atoms with E-state index in [0.717, 1.165) is 35.4 Å². The van der Waals surface area contributed by atoms with Crippen LogP contribution in [0.4, 0.5) is 0 Å². The Labute approximate surface area is 124 Å². The molecular weight excluding hydrogens is 264 g/mol. The largest absolute Gasteiger partial charge is 0.464 e. The highest BCUT2D eigenvalue weighted by Gasteiger charge is 2.32. The summed E-state index contributed by atoms with van der Waals surface area (Å²) in [6.45, 7) is 5.40. The molecule has 2 saturated heterocycles. The topological polar surface area (TPSA) is 45.5 Å². The molecule has 3 atom stereocenters. The van der Waals surface area contributed by atoms with E-state index in [1.54, 1.807) is 6.26 Å². The van der Waals surface area contributed by atoms with Crippen LogP contribution in [-0.2, 0) is 0 Å². The number of nitrogens with zero attached hydrogens (tertiary/aromatic N) is 1. The van der Waals surface area contributed by atoms with Gasteiger partial charge in [-0.05, 0) is 49.9 Å². The lowest BCUT2D eigenvalue weighted by molar-refractivity contribution is 0.0909. The molecule has 1 aromatic carbocycles. The van der Waals surface area contributed by atoms with Gasteiger partial charge in [-0.2, -0.15) is 0 Å². The highest BCUT2D eigenvalue weighted by atomic mass is 16.3. The van der Waals surface area contributed by atoms with Crippen LogP contribution in [0.2, 0.25) is 0 Å². The van der Waals surface area contributed by atoms with Gasteiger partial charge in [-0.15, -0.1) is 0 Å². The first kappa shape index (κ1) is 12.9. The number of hydrogen-bond acceptors (Lipinski definition) is 3. The van der Waals surface area contributed by atoms with Crippen LogP contribution in [0.15, 0.2) is 28.9 Å². The fraction of sp³-hybridized carbons (Fsp3) is 0.471. The van der Waals surface area contributed by atoms with Crippen molar-refractivity contribution in [3.05, 3.63) is 35.6 Å². The number of carbonyl (C=O) groups is 1. The van der Waals surface area contributed by atoms with Crippen LogP contribution in [0.1, 0.15) is 28.8 Å². The lowest BCUT2D eigenvalue weighted by Gasteiger charge is -2.30. The first-order valence-electron chi connectivity index (χ1n) is 7.70. The Kier molecular flexibility index (Phi) is 3.00. The van der Waals surface area contributed by atoms with Crippen LogP contribution in [0, 0.1) is 12.8 Å². The van der Waals surface area contributed by atoms with Gasteiger partial charge in [0.15, 0.2) is 0 Å². The molecule has 1 aromatic heterocycles. The molecule has 2 aliphatic heterocycles. The van der Waals surface area contributed by atoms with E-state index < -0.39 is 0 Å². The van der Waals surface area contributed by atoms with Gasteiger partial charge >= 0.3 is 0 Å². The van der Waals surface area contributed by atoms with Crippen molar-refractivity contribution in [1.82, 2.24) is 10.2 Å². The SMILES string of the molecule is Cc1coc2cc(C(=O)N[C@@H]3C[C@H]4CCN(C4)C3)ccc12. The average Bonchev–Trinajstić information content (AvgIpc) is 3.02. The second kappa shape index (κ2) is 4.88. The number of fused-ring (bicyclic) bond motifs is 3. The number of rotatable bonds is 2. The lowest BCUT2D eigenvalue weighted by Crippen LogP contribution is -2.47. The van der Waals surface area contributed by atoms with Crippen molar-refractivity contribution in [2.24, 2.45) is 5.92 Å². The first-order valence-corrected chi connectivity index (χ1v) is 7.70. The highest BCUT2D eigenvalue weighted by molar-refractivity contribution is 5.98. The van der Waals surface area contributed by atoms with E-state index in [4.69, 9.17) is 4.42 Å². The van der Waals surface area contributed by atoms with Crippen molar-refractivity contribution in [3.63, 3.8) is 0 Å². The summed E-state index contributed by atoms with van der Waals surface area (Å²) in [4.78, 5) is 14.9. The van der Waals surface area contributed by atoms with E-state index >= 15 is 0 Å².